The van der Waals surface area contributed by atoms with Gasteiger partial charge in [-0.3, -0.25) is 14.5 Å². The van der Waals surface area contributed by atoms with Crippen LogP contribution in [0.1, 0.15) is 32.6 Å². The Labute approximate surface area is 127 Å². The third kappa shape index (κ3) is 4.97. The Morgan fingerprint density at radius 2 is 1.90 bits per heavy atom. The van der Waals surface area contributed by atoms with E-state index in [-0.39, 0.29) is 23.9 Å². The van der Waals surface area contributed by atoms with Crippen LogP contribution in [0, 0.1) is 0 Å². The van der Waals surface area contributed by atoms with E-state index in [0.717, 1.165) is 38.8 Å². The quantitative estimate of drug-likeness (QED) is 0.712. The zero-order valence-corrected chi connectivity index (χ0v) is 13.4. The van der Waals surface area contributed by atoms with E-state index in [1.807, 2.05) is 7.05 Å². The van der Waals surface area contributed by atoms with Crippen LogP contribution in [0.3, 0.4) is 0 Å². The molecular formula is C15H28N4O2. The molecule has 0 atom stereocenters. The summed E-state index contributed by atoms with van der Waals surface area (Å²) in [4.78, 5) is 27.6. The Kier molecular flexibility index (Phi) is 5.22. The van der Waals surface area contributed by atoms with Gasteiger partial charge in [0.05, 0.1) is 13.1 Å². The fourth-order valence-corrected chi connectivity index (χ4v) is 2.57. The number of hydrogen-bond acceptors (Lipinski definition) is 4. The number of piperidine rings is 1. The topological polar surface area (TPSA) is 64.7 Å². The Morgan fingerprint density at radius 1 is 1.29 bits per heavy atom. The number of hydrogen-bond donors (Lipinski definition) is 2. The molecule has 2 N–H and O–H groups in total. The largest absolute Gasteiger partial charge is 0.352 e. The lowest BCUT2D eigenvalue weighted by atomic mass is 9.90. The first-order valence-electron chi connectivity index (χ1n) is 7.86. The Morgan fingerprint density at radius 3 is 2.43 bits per heavy atom. The molecule has 21 heavy (non-hydrogen) atoms. The van der Waals surface area contributed by atoms with Gasteiger partial charge in [0, 0.05) is 31.7 Å². The van der Waals surface area contributed by atoms with Gasteiger partial charge in [-0.15, -0.1) is 0 Å². The molecule has 1 saturated heterocycles. The highest BCUT2D eigenvalue weighted by atomic mass is 16.2. The lowest BCUT2D eigenvalue weighted by molar-refractivity contribution is -0.136. The average Bonchev–Trinajstić information content (AvgIpc) is 3.25. The second-order valence-electron chi connectivity index (χ2n) is 6.68. The molecule has 1 heterocycles. The number of rotatable bonds is 6. The van der Waals surface area contributed by atoms with E-state index in [4.69, 9.17) is 0 Å². The van der Waals surface area contributed by atoms with Gasteiger partial charge >= 0.3 is 0 Å². The predicted molar refractivity (Wildman–Crippen MR) is 81.9 cm³/mol. The van der Waals surface area contributed by atoms with Gasteiger partial charge in [-0.1, -0.05) is 0 Å². The van der Waals surface area contributed by atoms with Crippen LogP contribution in [-0.4, -0.2) is 73.5 Å². The number of nitrogens with zero attached hydrogens (tertiary/aromatic N) is 2. The van der Waals surface area contributed by atoms with Gasteiger partial charge in [-0.2, -0.15) is 0 Å². The summed E-state index contributed by atoms with van der Waals surface area (Å²) in [7, 11) is 3.70. The first kappa shape index (κ1) is 16.2. The number of amides is 2. The zero-order chi connectivity index (χ0) is 15.5. The Hall–Kier alpha value is -1.14. The molecule has 2 amide bonds. The van der Waals surface area contributed by atoms with E-state index < -0.39 is 0 Å². The molecule has 1 saturated carbocycles. The van der Waals surface area contributed by atoms with E-state index in [2.05, 4.69) is 22.5 Å². The summed E-state index contributed by atoms with van der Waals surface area (Å²) >= 11 is 0. The monoisotopic (exact) mass is 296 g/mol. The third-order valence-corrected chi connectivity index (χ3v) is 4.67. The lowest BCUT2D eigenvalue weighted by Gasteiger charge is -2.39. The van der Waals surface area contributed by atoms with Crippen LogP contribution in [0.2, 0.25) is 0 Å². The fraction of sp³-hybridized carbons (Fsp3) is 0.867. The summed E-state index contributed by atoms with van der Waals surface area (Å²) in [5, 5.41) is 6.26. The second-order valence-corrected chi connectivity index (χ2v) is 6.68. The molecule has 120 valence electrons. The summed E-state index contributed by atoms with van der Waals surface area (Å²) in [6.45, 7) is 4.64. The van der Waals surface area contributed by atoms with Gasteiger partial charge in [-0.25, -0.2) is 0 Å². The number of nitrogens with one attached hydrogen (secondary N) is 2. The highest BCUT2D eigenvalue weighted by Gasteiger charge is 2.30. The molecule has 0 aromatic heterocycles. The predicted octanol–water partition coefficient (Wildman–Crippen LogP) is -0.203. The Balaban J connectivity index is 1.69. The molecule has 2 aliphatic rings. The normalized spacial score (nSPS) is 21.9. The van der Waals surface area contributed by atoms with Gasteiger partial charge in [0.15, 0.2) is 0 Å². The van der Waals surface area contributed by atoms with Crippen LogP contribution in [0.4, 0.5) is 0 Å². The minimum absolute atomic E-state index is 0.0222. The second kappa shape index (κ2) is 6.75. The van der Waals surface area contributed by atoms with Gasteiger partial charge < -0.3 is 15.5 Å². The van der Waals surface area contributed by atoms with Crippen LogP contribution in [-0.2, 0) is 9.59 Å². The zero-order valence-electron chi connectivity index (χ0n) is 13.4. The van der Waals surface area contributed by atoms with Crippen LogP contribution >= 0.6 is 0 Å². The van der Waals surface area contributed by atoms with Crippen LogP contribution in [0.15, 0.2) is 0 Å². The summed E-state index contributed by atoms with van der Waals surface area (Å²) in [6.07, 6.45) is 4.23. The fourth-order valence-electron chi connectivity index (χ4n) is 2.57. The van der Waals surface area contributed by atoms with Crippen molar-refractivity contribution in [3.63, 3.8) is 0 Å². The van der Waals surface area contributed by atoms with E-state index in [1.165, 1.54) is 4.90 Å². The van der Waals surface area contributed by atoms with Crippen molar-refractivity contribution in [2.24, 2.45) is 0 Å². The summed E-state index contributed by atoms with van der Waals surface area (Å²) in [6, 6.07) is 0.349. The standard InChI is InChI=1S/C15H28N4O2/c1-15(16-2)6-8-19(9-7-15)11-14(21)18(3)10-13(20)17-12-4-5-12/h12,16H,4-11H2,1-3H3,(H,17,20). The highest BCUT2D eigenvalue weighted by molar-refractivity contribution is 5.85. The van der Waals surface area contributed by atoms with Crippen molar-refractivity contribution in [1.29, 1.82) is 0 Å². The maximum Gasteiger partial charge on any atom is 0.239 e. The van der Waals surface area contributed by atoms with Crippen molar-refractivity contribution in [2.45, 2.75) is 44.2 Å². The molecule has 0 radical (unpaired) electrons. The van der Waals surface area contributed by atoms with Crippen LogP contribution in [0.25, 0.3) is 0 Å². The molecule has 0 bridgehead atoms. The van der Waals surface area contributed by atoms with Crippen molar-refractivity contribution in [3.8, 4) is 0 Å². The van der Waals surface area contributed by atoms with Crippen molar-refractivity contribution in [2.75, 3.05) is 40.3 Å². The third-order valence-electron chi connectivity index (χ3n) is 4.67. The van der Waals surface area contributed by atoms with Crippen LogP contribution < -0.4 is 10.6 Å². The molecule has 0 aromatic rings. The first-order chi connectivity index (χ1) is 9.92. The van der Waals surface area contributed by atoms with Crippen molar-refractivity contribution in [1.82, 2.24) is 20.4 Å². The summed E-state index contributed by atoms with van der Waals surface area (Å²) < 4.78 is 0. The molecule has 2 fully saturated rings. The van der Waals surface area contributed by atoms with E-state index in [1.54, 1.807) is 7.05 Å². The molecule has 2 rings (SSSR count). The minimum Gasteiger partial charge on any atom is -0.352 e. The first-order valence-corrected chi connectivity index (χ1v) is 7.86. The molecule has 0 spiro atoms. The maximum atomic E-state index is 12.2. The molecule has 0 aromatic carbocycles. The van der Waals surface area contributed by atoms with Crippen molar-refractivity contribution >= 4 is 11.8 Å². The number of carbonyl (C=O) groups is 2. The van der Waals surface area contributed by atoms with Crippen molar-refractivity contribution in [3.05, 3.63) is 0 Å². The van der Waals surface area contributed by atoms with E-state index >= 15 is 0 Å². The number of likely N-dealkylation sites (N-methyl/N-ethyl adjacent to an activating group) is 1. The molecule has 6 nitrogen and oxygen atoms in total. The minimum atomic E-state index is -0.0465. The van der Waals surface area contributed by atoms with Crippen molar-refractivity contribution < 1.29 is 9.59 Å². The molecule has 1 aliphatic carbocycles. The SMILES string of the molecule is CNC1(C)CCN(CC(=O)N(C)CC(=O)NC2CC2)CC1. The summed E-state index contributed by atoms with van der Waals surface area (Å²) in [5.74, 6) is -0.0243. The van der Waals surface area contributed by atoms with Gasteiger partial charge in [0.25, 0.3) is 0 Å². The van der Waals surface area contributed by atoms with Gasteiger partial charge in [-0.05, 0) is 39.7 Å². The van der Waals surface area contributed by atoms with Crippen LogP contribution in [0.5, 0.6) is 0 Å². The number of carbonyl (C=O) groups excluding carboxylic acids is 2. The molecule has 1 aliphatic heterocycles. The lowest BCUT2D eigenvalue weighted by Crippen LogP contribution is -2.52. The van der Waals surface area contributed by atoms with Gasteiger partial charge in [0.2, 0.25) is 11.8 Å². The smallest absolute Gasteiger partial charge is 0.239 e. The van der Waals surface area contributed by atoms with E-state index in [9.17, 15) is 9.59 Å². The average molecular weight is 296 g/mol. The van der Waals surface area contributed by atoms with Gasteiger partial charge in [0.1, 0.15) is 0 Å². The molecule has 0 unspecified atom stereocenters. The maximum absolute atomic E-state index is 12.2. The Bertz CT molecular complexity index is 387. The molecule has 6 heteroatoms. The highest BCUT2D eigenvalue weighted by Crippen LogP contribution is 2.21. The van der Waals surface area contributed by atoms with E-state index in [0.29, 0.717) is 12.6 Å². The number of likely N-dealkylation sites (tertiary alicyclic amines) is 1. The summed E-state index contributed by atoms with van der Waals surface area (Å²) in [5.41, 5.74) is 0.190. The molecular weight excluding hydrogens is 268 g/mol.